The van der Waals surface area contributed by atoms with Gasteiger partial charge in [0.2, 0.25) is 11.6 Å². The Morgan fingerprint density at radius 2 is 1.93 bits per heavy atom. The van der Waals surface area contributed by atoms with Crippen LogP contribution < -0.4 is 10.5 Å². The molecule has 3 aromatic rings. The summed E-state index contributed by atoms with van der Waals surface area (Å²) in [5, 5.41) is 0.0204. The molecule has 2 aromatic heterocycles. The van der Waals surface area contributed by atoms with Gasteiger partial charge in [0.1, 0.15) is 29.6 Å². The Labute approximate surface area is 167 Å². The van der Waals surface area contributed by atoms with Gasteiger partial charge in [-0.15, -0.1) is 0 Å². The average Bonchev–Trinajstić information content (AvgIpc) is 3.02. The van der Waals surface area contributed by atoms with E-state index in [1.807, 2.05) is 44.2 Å². The molecular weight excluding hydrogens is 374 g/mol. The maximum absolute atomic E-state index is 13.0. The van der Waals surface area contributed by atoms with Crippen LogP contribution in [-0.4, -0.2) is 34.1 Å². The summed E-state index contributed by atoms with van der Waals surface area (Å²) in [6.07, 6.45) is 1.25. The lowest BCUT2D eigenvalue weighted by Crippen LogP contribution is -2.41. The minimum absolute atomic E-state index is 0.0204. The number of furan rings is 1. The van der Waals surface area contributed by atoms with Crippen molar-refractivity contribution in [2.24, 2.45) is 0 Å². The molecule has 152 valence electrons. The van der Waals surface area contributed by atoms with Crippen molar-refractivity contribution in [1.29, 1.82) is 0 Å². The number of anilines is 1. The fourth-order valence-corrected chi connectivity index (χ4v) is 3.24. The highest BCUT2D eigenvalue weighted by atomic mass is 16.5. The summed E-state index contributed by atoms with van der Waals surface area (Å²) in [4.78, 5) is 44.0. The molecule has 0 atom stereocenters. The molecule has 0 aliphatic rings. The fraction of sp³-hybridized carbons (Fsp3) is 0.333. The smallest absolute Gasteiger partial charge is 0.342 e. The third-order valence-electron chi connectivity index (χ3n) is 4.46. The van der Waals surface area contributed by atoms with Crippen molar-refractivity contribution in [1.82, 2.24) is 9.55 Å². The van der Waals surface area contributed by atoms with Gasteiger partial charge in [0.25, 0.3) is 5.56 Å². The van der Waals surface area contributed by atoms with Crippen molar-refractivity contribution in [2.45, 2.75) is 40.3 Å². The molecule has 1 aromatic carbocycles. The molecule has 0 radical (unpaired) electrons. The zero-order valence-corrected chi connectivity index (χ0v) is 16.8. The fourth-order valence-electron chi connectivity index (χ4n) is 3.24. The van der Waals surface area contributed by atoms with E-state index in [1.165, 1.54) is 10.9 Å². The number of carbonyl (C=O) groups excluding carboxylic acids is 2. The Balaban J connectivity index is 2.01. The number of ether oxygens (including phenoxy) is 1. The number of nitrogens with zero attached hydrogens (tertiary/aromatic N) is 3. The number of hydrogen-bond acceptors (Lipinski definition) is 6. The van der Waals surface area contributed by atoms with Crippen molar-refractivity contribution in [3.8, 4) is 0 Å². The van der Waals surface area contributed by atoms with Crippen molar-refractivity contribution >= 4 is 28.7 Å². The molecular formula is C21H23N3O5. The topological polar surface area (TPSA) is 94.6 Å². The summed E-state index contributed by atoms with van der Waals surface area (Å²) >= 11 is 0. The van der Waals surface area contributed by atoms with Crippen LogP contribution in [-0.2, 0) is 16.1 Å². The van der Waals surface area contributed by atoms with E-state index < -0.39 is 11.5 Å². The second kappa shape index (κ2) is 8.30. The molecule has 8 nitrogen and oxygen atoms in total. The number of hydrogen-bond donors (Lipinski definition) is 0. The highest BCUT2D eigenvalue weighted by Crippen LogP contribution is 2.22. The van der Waals surface area contributed by atoms with E-state index in [9.17, 15) is 14.4 Å². The molecule has 3 rings (SSSR count). The van der Waals surface area contributed by atoms with Gasteiger partial charge < -0.3 is 14.1 Å². The van der Waals surface area contributed by atoms with Crippen LogP contribution in [0, 0.1) is 6.92 Å². The van der Waals surface area contributed by atoms with Gasteiger partial charge in [-0.1, -0.05) is 18.2 Å². The number of aryl methyl sites for hydroxylation is 1. The van der Waals surface area contributed by atoms with Crippen molar-refractivity contribution in [3.05, 3.63) is 58.3 Å². The van der Waals surface area contributed by atoms with Gasteiger partial charge in [0.05, 0.1) is 6.61 Å². The van der Waals surface area contributed by atoms with Crippen LogP contribution in [0.15, 0.2) is 45.9 Å². The van der Waals surface area contributed by atoms with Gasteiger partial charge >= 0.3 is 5.97 Å². The quantitative estimate of drug-likeness (QED) is 0.594. The predicted octanol–water partition coefficient (Wildman–Crippen LogP) is 2.92. The predicted molar refractivity (Wildman–Crippen MR) is 108 cm³/mol. The lowest BCUT2D eigenvalue weighted by molar-refractivity contribution is -0.119. The van der Waals surface area contributed by atoms with Crippen molar-refractivity contribution in [2.75, 3.05) is 11.5 Å². The number of benzene rings is 1. The van der Waals surface area contributed by atoms with Gasteiger partial charge in [-0.05, 0) is 39.8 Å². The van der Waals surface area contributed by atoms with E-state index in [0.29, 0.717) is 0 Å². The number of para-hydroxylation sites is 1. The Bertz CT molecular complexity index is 1100. The number of fused-ring (bicyclic) bond motifs is 1. The highest BCUT2D eigenvalue weighted by molar-refractivity contribution is 6.03. The number of rotatable bonds is 6. The molecule has 0 spiro atoms. The number of amides is 1. The van der Waals surface area contributed by atoms with Crippen LogP contribution in [0.5, 0.6) is 0 Å². The summed E-state index contributed by atoms with van der Waals surface area (Å²) in [5.41, 5.74) is 0.300. The second-order valence-corrected chi connectivity index (χ2v) is 6.80. The Kier molecular flexibility index (Phi) is 5.81. The minimum Gasteiger partial charge on any atom is -0.462 e. The van der Waals surface area contributed by atoms with E-state index >= 15 is 0 Å². The van der Waals surface area contributed by atoms with Crippen LogP contribution in [0.2, 0.25) is 0 Å². The summed E-state index contributed by atoms with van der Waals surface area (Å²) in [7, 11) is 0. The van der Waals surface area contributed by atoms with Gasteiger partial charge in [-0.25, -0.2) is 9.78 Å². The van der Waals surface area contributed by atoms with Crippen LogP contribution >= 0.6 is 0 Å². The van der Waals surface area contributed by atoms with Crippen molar-refractivity contribution < 1.29 is 18.7 Å². The molecule has 29 heavy (non-hydrogen) atoms. The molecule has 0 aliphatic carbocycles. The number of aromatic nitrogens is 2. The van der Waals surface area contributed by atoms with Gasteiger partial charge in [-0.2, -0.15) is 0 Å². The molecule has 0 unspecified atom stereocenters. The van der Waals surface area contributed by atoms with Gasteiger partial charge in [0, 0.05) is 11.7 Å². The van der Waals surface area contributed by atoms with Crippen LogP contribution in [0.25, 0.3) is 11.1 Å². The van der Waals surface area contributed by atoms with E-state index in [1.54, 1.807) is 18.7 Å². The summed E-state index contributed by atoms with van der Waals surface area (Å²) < 4.78 is 11.7. The zero-order chi connectivity index (χ0) is 21.1. The first-order valence-corrected chi connectivity index (χ1v) is 9.37. The molecule has 0 saturated carbocycles. The lowest BCUT2D eigenvalue weighted by Gasteiger charge is -2.27. The molecule has 1 amide bonds. The summed E-state index contributed by atoms with van der Waals surface area (Å²) in [6.45, 7) is 6.98. The Hall–Kier alpha value is -3.42. The Morgan fingerprint density at radius 1 is 1.24 bits per heavy atom. The first kappa shape index (κ1) is 20.3. The first-order chi connectivity index (χ1) is 13.8. The van der Waals surface area contributed by atoms with Crippen LogP contribution in [0.3, 0.4) is 0 Å². The third-order valence-corrected chi connectivity index (χ3v) is 4.46. The van der Waals surface area contributed by atoms with E-state index in [2.05, 4.69) is 4.98 Å². The van der Waals surface area contributed by atoms with E-state index in [0.717, 1.165) is 5.69 Å². The SMILES string of the molecule is CCOC(=O)c1c(C)oc2ncn(CC(=O)N(c3ccccc3)C(C)C)c(=O)c12. The standard InChI is InChI=1S/C21H23N3O5/c1-5-28-21(27)17-14(4)29-19-18(17)20(26)23(12-22-19)11-16(25)24(13(2)3)15-9-7-6-8-10-15/h6-10,12-13H,5,11H2,1-4H3. The highest BCUT2D eigenvalue weighted by Gasteiger charge is 2.25. The summed E-state index contributed by atoms with van der Waals surface area (Å²) in [6, 6.07) is 9.12. The first-order valence-electron chi connectivity index (χ1n) is 9.37. The van der Waals surface area contributed by atoms with Crippen LogP contribution in [0.4, 0.5) is 5.69 Å². The zero-order valence-electron chi connectivity index (χ0n) is 16.8. The molecule has 8 heteroatoms. The lowest BCUT2D eigenvalue weighted by atomic mass is 10.2. The maximum Gasteiger partial charge on any atom is 0.342 e. The molecule has 0 aliphatic heterocycles. The van der Waals surface area contributed by atoms with Gasteiger partial charge in [-0.3, -0.25) is 14.2 Å². The number of esters is 1. The molecule has 0 saturated heterocycles. The maximum atomic E-state index is 13.0. The molecule has 2 heterocycles. The molecule has 0 N–H and O–H groups in total. The van der Waals surface area contributed by atoms with Crippen molar-refractivity contribution in [3.63, 3.8) is 0 Å². The largest absolute Gasteiger partial charge is 0.462 e. The Morgan fingerprint density at radius 3 is 2.55 bits per heavy atom. The van der Waals surface area contributed by atoms with E-state index in [-0.39, 0.29) is 47.5 Å². The minimum atomic E-state index is -0.653. The monoisotopic (exact) mass is 397 g/mol. The normalized spacial score (nSPS) is 11.1. The van der Waals surface area contributed by atoms with Gasteiger partial charge in [0.15, 0.2) is 0 Å². The third kappa shape index (κ3) is 3.91. The molecule has 0 bridgehead atoms. The summed E-state index contributed by atoms with van der Waals surface area (Å²) in [5.74, 6) is -0.674. The van der Waals surface area contributed by atoms with Crippen LogP contribution in [0.1, 0.15) is 36.9 Å². The molecule has 0 fully saturated rings. The van der Waals surface area contributed by atoms with E-state index in [4.69, 9.17) is 9.15 Å². The number of carbonyl (C=O) groups is 2. The average molecular weight is 397 g/mol. The second-order valence-electron chi connectivity index (χ2n) is 6.80.